The minimum absolute atomic E-state index is 0.00361. The maximum Gasteiger partial charge on any atom is 0.322 e. The van der Waals surface area contributed by atoms with Crippen LogP contribution < -0.4 is 5.32 Å². The first kappa shape index (κ1) is 15.8. The Morgan fingerprint density at radius 1 is 1.52 bits per heavy atom. The summed E-state index contributed by atoms with van der Waals surface area (Å²) in [5.74, 6) is 0. The van der Waals surface area contributed by atoms with E-state index in [2.05, 4.69) is 19.2 Å². The van der Waals surface area contributed by atoms with Crippen molar-refractivity contribution < 1.29 is 14.6 Å². The van der Waals surface area contributed by atoms with Crippen LogP contribution >= 0.6 is 0 Å². The molecule has 1 fully saturated rings. The number of hydrogen-bond acceptors (Lipinski definition) is 3. The Labute approximate surface area is 125 Å². The molecule has 2 unspecified atom stereocenters. The number of carbonyl (C=O) groups excluding carboxylic acids is 1. The molecule has 5 heteroatoms. The summed E-state index contributed by atoms with van der Waals surface area (Å²) in [6, 6.07) is 5.82. The molecule has 1 aliphatic rings. The summed E-state index contributed by atoms with van der Waals surface area (Å²) in [7, 11) is 0. The van der Waals surface area contributed by atoms with E-state index < -0.39 is 0 Å². The number of urea groups is 1. The topological polar surface area (TPSA) is 61.8 Å². The van der Waals surface area contributed by atoms with Crippen LogP contribution in [-0.4, -0.2) is 47.9 Å². The number of nitrogens with one attached hydrogen (secondary N) is 1. The van der Waals surface area contributed by atoms with Crippen LogP contribution in [0.1, 0.15) is 25.0 Å². The van der Waals surface area contributed by atoms with Crippen LogP contribution in [0.4, 0.5) is 10.5 Å². The molecule has 0 spiro atoms. The highest BCUT2D eigenvalue weighted by Gasteiger charge is 2.29. The molecule has 1 heterocycles. The van der Waals surface area contributed by atoms with E-state index in [1.54, 1.807) is 4.90 Å². The molecule has 2 atom stereocenters. The van der Waals surface area contributed by atoms with Crippen molar-refractivity contribution in [1.82, 2.24) is 4.90 Å². The van der Waals surface area contributed by atoms with E-state index in [4.69, 9.17) is 4.74 Å². The first-order valence-corrected chi connectivity index (χ1v) is 7.44. The molecule has 2 amide bonds. The molecular weight excluding hydrogens is 268 g/mol. The van der Waals surface area contributed by atoms with Gasteiger partial charge in [-0.15, -0.1) is 0 Å². The second-order valence-electron chi connectivity index (χ2n) is 5.56. The molecule has 5 nitrogen and oxygen atoms in total. The van der Waals surface area contributed by atoms with Crippen molar-refractivity contribution in [2.45, 2.75) is 39.3 Å². The fourth-order valence-corrected chi connectivity index (χ4v) is 2.54. The number of rotatable bonds is 3. The van der Waals surface area contributed by atoms with Crippen LogP contribution in [0.2, 0.25) is 0 Å². The van der Waals surface area contributed by atoms with Gasteiger partial charge in [0.2, 0.25) is 0 Å². The normalized spacial score (nSPS) is 22.2. The molecule has 116 valence electrons. The van der Waals surface area contributed by atoms with E-state index in [-0.39, 0.29) is 24.8 Å². The number of aryl methyl sites for hydroxylation is 2. The molecule has 1 aromatic carbocycles. The second kappa shape index (κ2) is 6.91. The van der Waals surface area contributed by atoms with Crippen molar-refractivity contribution in [3.05, 3.63) is 29.3 Å². The monoisotopic (exact) mass is 292 g/mol. The highest BCUT2D eigenvalue weighted by atomic mass is 16.5. The Bertz CT molecular complexity index is 504. The van der Waals surface area contributed by atoms with Crippen molar-refractivity contribution in [1.29, 1.82) is 0 Å². The Kier molecular flexibility index (Phi) is 5.20. The Hall–Kier alpha value is -1.59. The van der Waals surface area contributed by atoms with Gasteiger partial charge in [0.15, 0.2) is 0 Å². The molecule has 2 N–H and O–H groups in total. The van der Waals surface area contributed by atoms with Gasteiger partial charge in [-0.25, -0.2) is 4.79 Å². The average Bonchev–Trinajstić information content (AvgIpc) is 2.49. The van der Waals surface area contributed by atoms with E-state index in [0.29, 0.717) is 13.2 Å². The first-order valence-electron chi connectivity index (χ1n) is 7.44. The number of nitrogens with zero attached hydrogens (tertiary/aromatic N) is 1. The largest absolute Gasteiger partial charge is 0.394 e. The van der Waals surface area contributed by atoms with Gasteiger partial charge in [0.05, 0.1) is 31.9 Å². The van der Waals surface area contributed by atoms with Crippen molar-refractivity contribution in [3.63, 3.8) is 0 Å². The zero-order chi connectivity index (χ0) is 15.4. The average molecular weight is 292 g/mol. The molecule has 1 aromatic rings. The summed E-state index contributed by atoms with van der Waals surface area (Å²) in [5, 5.41) is 12.1. The lowest BCUT2D eigenvalue weighted by Gasteiger charge is -2.37. The van der Waals surface area contributed by atoms with Gasteiger partial charge >= 0.3 is 6.03 Å². The molecule has 0 saturated carbocycles. The number of aliphatic hydroxyl groups excluding tert-OH is 1. The van der Waals surface area contributed by atoms with Gasteiger partial charge in [-0.05, 0) is 43.5 Å². The van der Waals surface area contributed by atoms with Gasteiger partial charge in [-0.3, -0.25) is 0 Å². The van der Waals surface area contributed by atoms with Gasteiger partial charge in [-0.1, -0.05) is 13.0 Å². The zero-order valence-electron chi connectivity index (χ0n) is 12.9. The summed E-state index contributed by atoms with van der Waals surface area (Å²) in [4.78, 5) is 14.1. The summed E-state index contributed by atoms with van der Waals surface area (Å²) < 4.78 is 5.45. The fraction of sp³-hybridized carbons (Fsp3) is 0.562. The smallest absolute Gasteiger partial charge is 0.322 e. The van der Waals surface area contributed by atoms with E-state index in [1.165, 1.54) is 11.1 Å². The summed E-state index contributed by atoms with van der Waals surface area (Å²) in [6.07, 6.45) is 0.645. The number of amides is 2. The molecule has 0 aliphatic carbocycles. The number of benzene rings is 1. The third-order valence-corrected chi connectivity index (χ3v) is 3.95. The molecule has 2 rings (SSSR count). The summed E-state index contributed by atoms with van der Waals surface area (Å²) in [5.41, 5.74) is 3.27. The van der Waals surface area contributed by atoms with Crippen LogP contribution in [0.25, 0.3) is 0 Å². The second-order valence-corrected chi connectivity index (χ2v) is 5.56. The van der Waals surface area contributed by atoms with Crippen molar-refractivity contribution >= 4 is 11.7 Å². The summed E-state index contributed by atoms with van der Waals surface area (Å²) >= 11 is 0. The third-order valence-electron chi connectivity index (χ3n) is 3.95. The van der Waals surface area contributed by atoms with Gasteiger partial charge < -0.3 is 20.1 Å². The van der Waals surface area contributed by atoms with Gasteiger partial charge in [0.1, 0.15) is 0 Å². The van der Waals surface area contributed by atoms with Crippen LogP contribution in [0, 0.1) is 6.92 Å². The minimum Gasteiger partial charge on any atom is -0.394 e. The molecule has 0 aromatic heterocycles. The lowest BCUT2D eigenvalue weighted by Crippen LogP contribution is -2.53. The lowest BCUT2D eigenvalue weighted by atomic mass is 10.1. The van der Waals surface area contributed by atoms with Crippen molar-refractivity contribution in [2.75, 3.05) is 25.1 Å². The maximum absolute atomic E-state index is 12.4. The van der Waals surface area contributed by atoms with Crippen LogP contribution in [-0.2, 0) is 11.2 Å². The predicted molar refractivity (Wildman–Crippen MR) is 82.6 cm³/mol. The summed E-state index contributed by atoms with van der Waals surface area (Å²) in [6.45, 7) is 6.91. The highest BCUT2D eigenvalue weighted by molar-refractivity contribution is 5.89. The predicted octanol–water partition coefficient (Wildman–Crippen LogP) is 2.17. The molecule has 1 saturated heterocycles. The van der Waals surface area contributed by atoms with E-state index in [1.807, 2.05) is 25.1 Å². The molecular formula is C16H24N2O3. The quantitative estimate of drug-likeness (QED) is 0.897. The number of anilines is 1. The number of carbonyl (C=O) groups is 1. The van der Waals surface area contributed by atoms with Crippen LogP contribution in [0.15, 0.2) is 18.2 Å². The Morgan fingerprint density at radius 3 is 2.95 bits per heavy atom. The van der Waals surface area contributed by atoms with Crippen molar-refractivity contribution in [3.8, 4) is 0 Å². The number of aliphatic hydroxyl groups is 1. The molecule has 0 bridgehead atoms. The van der Waals surface area contributed by atoms with Crippen LogP contribution in [0.3, 0.4) is 0 Å². The molecule has 1 aliphatic heterocycles. The number of hydrogen-bond donors (Lipinski definition) is 2. The lowest BCUT2D eigenvalue weighted by molar-refractivity contribution is -0.0611. The van der Waals surface area contributed by atoms with E-state index in [9.17, 15) is 9.90 Å². The van der Waals surface area contributed by atoms with Gasteiger partial charge in [-0.2, -0.15) is 0 Å². The SMILES string of the molecule is CCc1cc(NC(=O)N2CC(CO)OCC2C)ccc1C. The van der Waals surface area contributed by atoms with E-state index >= 15 is 0 Å². The Morgan fingerprint density at radius 2 is 2.29 bits per heavy atom. The van der Waals surface area contributed by atoms with Crippen LogP contribution in [0.5, 0.6) is 0 Å². The van der Waals surface area contributed by atoms with Crippen molar-refractivity contribution in [2.24, 2.45) is 0 Å². The maximum atomic E-state index is 12.4. The van der Waals surface area contributed by atoms with E-state index in [0.717, 1.165) is 12.1 Å². The molecule has 0 radical (unpaired) electrons. The third kappa shape index (κ3) is 3.74. The highest BCUT2D eigenvalue weighted by Crippen LogP contribution is 2.18. The van der Waals surface area contributed by atoms with Gasteiger partial charge in [0.25, 0.3) is 0 Å². The number of morpholine rings is 1. The Balaban J connectivity index is 2.06. The number of ether oxygens (including phenoxy) is 1. The first-order chi connectivity index (χ1) is 10.0. The standard InChI is InChI=1S/C16H24N2O3/c1-4-13-7-14(6-5-11(13)2)17-16(20)18-8-15(9-19)21-10-12(18)3/h5-7,12,15,19H,4,8-10H2,1-3H3,(H,17,20). The van der Waals surface area contributed by atoms with Gasteiger partial charge in [0, 0.05) is 5.69 Å². The fourth-order valence-electron chi connectivity index (χ4n) is 2.54. The zero-order valence-corrected chi connectivity index (χ0v) is 12.9. The molecule has 21 heavy (non-hydrogen) atoms. The minimum atomic E-state index is -0.295.